The maximum atomic E-state index is 12.1. The minimum atomic E-state index is -0.932. The Morgan fingerprint density at radius 3 is 2.59 bits per heavy atom. The van der Waals surface area contributed by atoms with Crippen LogP contribution in [0.15, 0.2) is 24.3 Å². The lowest BCUT2D eigenvalue weighted by molar-refractivity contribution is -0.143. The first-order valence-corrected chi connectivity index (χ1v) is 7.28. The molecule has 0 radical (unpaired) electrons. The maximum absolute atomic E-state index is 12.1. The highest BCUT2D eigenvalue weighted by Crippen LogP contribution is 2.28. The number of carboxylic acid groups (broad SMARTS) is 1. The minimum Gasteiger partial charge on any atom is -0.480 e. The fraction of sp³-hybridized carbons (Fsp3) is 0.438. The monoisotopic (exact) mass is 304 g/mol. The number of ketones is 1. The van der Waals surface area contributed by atoms with Crippen LogP contribution in [-0.4, -0.2) is 46.3 Å². The molecule has 1 amide bonds. The molecule has 1 aromatic carbocycles. The van der Waals surface area contributed by atoms with Crippen LogP contribution >= 0.6 is 0 Å². The van der Waals surface area contributed by atoms with Gasteiger partial charge in [0.1, 0.15) is 6.04 Å². The van der Waals surface area contributed by atoms with Crippen molar-refractivity contribution in [1.82, 2.24) is 4.90 Å². The molecule has 22 heavy (non-hydrogen) atoms. The molecular weight excluding hydrogens is 284 g/mol. The molecule has 2 rings (SSSR count). The molecule has 0 aromatic heterocycles. The van der Waals surface area contributed by atoms with E-state index in [9.17, 15) is 14.4 Å². The Kier molecular flexibility index (Phi) is 4.92. The summed E-state index contributed by atoms with van der Waals surface area (Å²) in [6.45, 7) is 3.08. The molecule has 1 unspecified atom stereocenters. The van der Waals surface area contributed by atoms with Crippen molar-refractivity contribution in [3.05, 3.63) is 29.8 Å². The third-order valence-electron chi connectivity index (χ3n) is 3.75. The highest BCUT2D eigenvalue weighted by molar-refractivity contribution is 5.97. The number of hydrogen-bond acceptors (Lipinski definition) is 4. The molecule has 118 valence electrons. The average molecular weight is 304 g/mol. The summed E-state index contributed by atoms with van der Waals surface area (Å²) in [6.07, 6.45) is 1.84. The van der Waals surface area contributed by atoms with Crippen LogP contribution in [0, 0.1) is 0 Å². The van der Waals surface area contributed by atoms with E-state index in [1.165, 1.54) is 6.92 Å². The van der Waals surface area contributed by atoms with Crippen molar-refractivity contribution in [2.24, 2.45) is 0 Å². The van der Waals surface area contributed by atoms with Gasteiger partial charge in [0.15, 0.2) is 5.78 Å². The normalized spacial score (nSPS) is 15.4. The van der Waals surface area contributed by atoms with Gasteiger partial charge in [-0.15, -0.1) is 0 Å². The zero-order valence-corrected chi connectivity index (χ0v) is 12.7. The number of carboxylic acids is 1. The summed E-state index contributed by atoms with van der Waals surface area (Å²) in [4.78, 5) is 36.3. The number of rotatable bonds is 7. The summed E-state index contributed by atoms with van der Waals surface area (Å²) in [5, 5.41) is 11.8. The van der Waals surface area contributed by atoms with E-state index in [2.05, 4.69) is 5.32 Å². The first-order chi connectivity index (χ1) is 10.4. The highest BCUT2D eigenvalue weighted by atomic mass is 16.4. The van der Waals surface area contributed by atoms with E-state index >= 15 is 0 Å². The van der Waals surface area contributed by atoms with Gasteiger partial charge in [-0.05, 0) is 38.8 Å². The van der Waals surface area contributed by atoms with Crippen molar-refractivity contribution in [3.63, 3.8) is 0 Å². The maximum Gasteiger partial charge on any atom is 0.320 e. The number of carbonyl (C=O) groups is 3. The van der Waals surface area contributed by atoms with Gasteiger partial charge in [-0.2, -0.15) is 0 Å². The van der Waals surface area contributed by atoms with Crippen molar-refractivity contribution in [2.75, 3.05) is 11.9 Å². The molecule has 1 aliphatic rings. The first-order valence-electron chi connectivity index (χ1n) is 7.28. The fourth-order valence-electron chi connectivity index (χ4n) is 2.31. The van der Waals surface area contributed by atoms with Crippen molar-refractivity contribution >= 4 is 23.3 Å². The zero-order valence-electron chi connectivity index (χ0n) is 12.7. The van der Waals surface area contributed by atoms with Crippen molar-refractivity contribution in [1.29, 1.82) is 0 Å². The van der Waals surface area contributed by atoms with Gasteiger partial charge in [0.25, 0.3) is 0 Å². The Balaban J connectivity index is 2.00. The van der Waals surface area contributed by atoms with Gasteiger partial charge in [0.2, 0.25) is 5.91 Å². The number of hydrogen-bond donors (Lipinski definition) is 2. The molecule has 1 saturated carbocycles. The number of nitrogens with one attached hydrogen (secondary N) is 1. The summed E-state index contributed by atoms with van der Waals surface area (Å²) >= 11 is 0. The van der Waals surface area contributed by atoms with Gasteiger partial charge in [-0.25, -0.2) is 0 Å². The molecule has 2 N–H and O–H groups in total. The van der Waals surface area contributed by atoms with E-state index in [-0.39, 0.29) is 24.3 Å². The van der Waals surface area contributed by atoms with Gasteiger partial charge in [0, 0.05) is 17.3 Å². The topological polar surface area (TPSA) is 86.7 Å². The summed E-state index contributed by atoms with van der Waals surface area (Å²) in [7, 11) is 0. The van der Waals surface area contributed by atoms with Crippen molar-refractivity contribution in [2.45, 2.75) is 38.8 Å². The second kappa shape index (κ2) is 6.70. The number of Topliss-reactive ketones (excluding diaryl/α,β-unsaturated/α-hetero) is 1. The molecule has 6 nitrogen and oxygen atoms in total. The molecule has 1 aromatic rings. The van der Waals surface area contributed by atoms with E-state index in [4.69, 9.17) is 5.11 Å². The lowest BCUT2D eigenvalue weighted by Crippen LogP contribution is -2.44. The number of nitrogens with zero attached hydrogens (tertiary/aromatic N) is 1. The Morgan fingerprint density at radius 1 is 1.36 bits per heavy atom. The van der Waals surface area contributed by atoms with Gasteiger partial charge in [-0.3, -0.25) is 19.3 Å². The van der Waals surface area contributed by atoms with E-state index in [0.29, 0.717) is 11.3 Å². The van der Waals surface area contributed by atoms with Gasteiger partial charge < -0.3 is 10.4 Å². The lowest BCUT2D eigenvalue weighted by Gasteiger charge is -2.25. The number of amides is 1. The minimum absolute atomic E-state index is 0.0302. The molecule has 0 heterocycles. The van der Waals surface area contributed by atoms with Crippen LogP contribution in [0.4, 0.5) is 5.69 Å². The summed E-state index contributed by atoms with van der Waals surface area (Å²) in [5.41, 5.74) is 1.06. The molecule has 0 spiro atoms. The number of aliphatic carboxylic acids is 1. The van der Waals surface area contributed by atoms with Crippen LogP contribution in [0.3, 0.4) is 0 Å². The van der Waals surface area contributed by atoms with E-state index in [1.807, 2.05) is 0 Å². The third-order valence-corrected chi connectivity index (χ3v) is 3.75. The summed E-state index contributed by atoms with van der Waals surface area (Å²) in [6, 6.07) is 6.17. The summed E-state index contributed by atoms with van der Waals surface area (Å²) in [5.74, 6) is -1.28. The molecule has 0 bridgehead atoms. The molecular formula is C16H20N2O4. The molecule has 1 atom stereocenters. The van der Waals surface area contributed by atoms with Crippen LogP contribution < -0.4 is 5.32 Å². The van der Waals surface area contributed by atoms with Crippen LogP contribution in [0.5, 0.6) is 0 Å². The second-order valence-electron chi connectivity index (χ2n) is 5.60. The van der Waals surface area contributed by atoms with Crippen LogP contribution in [-0.2, 0) is 9.59 Å². The predicted octanol–water partition coefficient (Wildman–Crippen LogP) is 1.77. The lowest BCUT2D eigenvalue weighted by atomic mass is 10.1. The molecule has 1 aliphatic carbocycles. The van der Waals surface area contributed by atoms with Gasteiger partial charge in [0.05, 0.1) is 6.54 Å². The Labute approximate surface area is 129 Å². The Morgan fingerprint density at radius 2 is 2.05 bits per heavy atom. The highest BCUT2D eigenvalue weighted by Gasteiger charge is 2.36. The fourth-order valence-corrected chi connectivity index (χ4v) is 2.31. The number of benzene rings is 1. The largest absolute Gasteiger partial charge is 0.480 e. The van der Waals surface area contributed by atoms with Gasteiger partial charge >= 0.3 is 5.97 Å². The SMILES string of the molecule is CC(=O)c1cccc(NC(=O)CN(C2CC2)C(C)C(=O)O)c1. The third kappa shape index (κ3) is 4.14. The van der Waals surface area contributed by atoms with Gasteiger partial charge in [-0.1, -0.05) is 12.1 Å². The van der Waals surface area contributed by atoms with E-state index in [1.54, 1.807) is 36.1 Å². The quantitative estimate of drug-likeness (QED) is 0.750. The molecule has 1 fully saturated rings. The number of carbonyl (C=O) groups excluding carboxylic acids is 2. The smallest absolute Gasteiger partial charge is 0.320 e. The van der Waals surface area contributed by atoms with Crippen LogP contribution in [0.2, 0.25) is 0 Å². The first kappa shape index (κ1) is 16.2. The predicted molar refractivity (Wildman–Crippen MR) is 81.9 cm³/mol. The second-order valence-corrected chi connectivity index (χ2v) is 5.60. The molecule has 0 aliphatic heterocycles. The zero-order chi connectivity index (χ0) is 16.3. The van der Waals surface area contributed by atoms with E-state index < -0.39 is 12.0 Å². The standard InChI is InChI=1S/C16H20N2O4/c1-10(16(21)22)18(14-6-7-14)9-15(20)17-13-5-3-4-12(8-13)11(2)19/h3-5,8,10,14H,6-7,9H2,1-2H3,(H,17,20)(H,21,22). The Bertz CT molecular complexity index is 596. The Hall–Kier alpha value is -2.21. The van der Waals surface area contributed by atoms with Crippen molar-refractivity contribution < 1.29 is 19.5 Å². The average Bonchev–Trinajstić information content (AvgIpc) is 3.28. The number of anilines is 1. The van der Waals surface area contributed by atoms with Crippen molar-refractivity contribution in [3.8, 4) is 0 Å². The molecule has 0 saturated heterocycles. The molecule has 6 heteroatoms. The van der Waals surface area contributed by atoms with Crippen LogP contribution in [0.25, 0.3) is 0 Å². The summed E-state index contributed by atoms with van der Waals surface area (Å²) < 4.78 is 0. The van der Waals surface area contributed by atoms with Crippen LogP contribution in [0.1, 0.15) is 37.0 Å². The van der Waals surface area contributed by atoms with E-state index in [0.717, 1.165) is 12.8 Å².